The van der Waals surface area contributed by atoms with Gasteiger partial charge in [-0.15, -0.1) is 0 Å². The number of aryl methyl sites for hydroxylation is 1. The molecule has 7 nitrogen and oxygen atoms in total. The molecule has 1 saturated heterocycles. The molecule has 54 heavy (non-hydrogen) atoms. The van der Waals surface area contributed by atoms with Gasteiger partial charge in [-0.25, -0.2) is 8.78 Å². The molecule has 2 bridgehead atoms. The highest BCUT2D eigenvalue weighted by molar-refractivity contribution is 8.13. The smallest absolute Gasteiger partial charge is 0.260 e. The van der Waals surface area contributed by atoms with Crippen molar-refractivity contribution in [3.05, 3.63) is 70.3 Å². The third-order valence-electron chi connectivity index (χ3n) is 12.5. The second kappa shape index (κ2) is 18.2. The Balaban J connectivity index is 1.38. The molecule has 1 amide bonds. The first-order valence-electron chi connectivity index (χ1n) is 20.1. The Bertz CT molecular complexity index is 1660. The fourth-order valence-electron chi connectivity index (χ4n) is 8.91. The van der Waals surface area contributed by atoms with E-state index in [9.17, 15) is 13.6 Å². The Morgan fingerprint density at radius 1 is 1.09 bits per heavy atom. The Hall–Kier alpha value is -2.50. The highest BCUT2D eigenvalue weighted by Crippen LogP contribution is 2.47. The van der Waals surface area contributed by atoms with Crippen molar-refractivity contribution < 1.29 is 23.0 Å². The van der Waals surface area contributed by atoms with Crippen molar-refractivity contribution in [2.75, 3.05) is 64.4 Å². The zero-order valence-electron chi connectivity index (χ0n) is 32.7. The van der Waals surface area contributed by atoms with E-state index in [1.807, 2.05) is 31.4 Å². The second-order valence-corrected chi connectivity index (χ2v) is 18.4. The number of rotatable bonds is 6. The molecule has 3 heterocycles. The molecular formula is C43H61ClF2N4O3S. The van der Waals surface area contributed by atoms with Gasteiger partial charge in [0.1, 0.15) is 11.4 Å². The number of nitrogens with one attached hydrogen (secondary N) is 2. The molecule has 0 spiro atoms. The van der Waals surface area contributed by atoms with Crippen LogP contribution in [0.2, 0.25) is 5.02 Å². The number of anilines is 1. The lowest BCUT2D eigenvalue weighted by molar-refractivity contribution is -0.0928. The van der Waals surface area contributed by atoms with Crippen molar-refractivity contribution in [3.8, 4) is 5.75 Å². The maximum absolute atomic E-state index is 14.6. The van der Waals surface area contributed by atoms with Gasteiger partial charge >= 0.3 is 0 Å². The summed E-state index contributed by atoms with van der Waals surface area (Å²) in [6, 6.07) is 12.1. The monoisotopic (exact) mass is 786 g/mol. The van der Waals surface area contributed by atoms with E-state index in [-0.39, 0.29) is 41.8 Å². The first-order chi connectivity index (χ1) is 25.9. The fourth-order valence-corrected chi connectivity index (χ4v) is 10.3. The molecule has 298 valence electrons. The number of methoxy groups -OCH3 is 1. The van der Waals surface area contributed by atoms with Crippen LogP contribution in [0.25, 0.3) is 0 Å². The molecule has 1 aliphatic carbocycles. The van der Waals surface area contributed by atoms with Gasteiger partial charge in [-0.3, -0.25) is 9.69 Å². The summed E-state index contributed by atoms with van der Waals surface area (Å²) in [5.41, 5.74) is 3.45. The molecule has 11 heteroatoms. The number of alkyl halides is 2. The third kappa shape index (κ3) is 9.71. The lowest BCUT2D eigenvalue weighted by Gasteiger charge is -2.51. The summed E-state index contributed by atoms with van der Waals surface area (Å²) >= 11 is 6.51. The van der Waals surface area contributed by atoms with Gasteiger partial charge < -0.3 is 24.4 Å². The van der Waals surface area contributed by atoms with Crippen molar-refractivity contribution in [1.82, 2.24) is 14.9 Å². The van der Waals surface area contributed by atoms with Gasteiger partial charge in [0.2, 0.25) is 5.92 Å². The first kappa shape index (κ1) is 41.1. The molecular weight excluding hydrogens is 726 g/mol. The van der Waals surface area contributed by atoms with Crippen LogP contribution in [-0.4, -0.2) is 93.0 Å². The van der Waals surface area contributed by atoms with Crippen LogP contribution in [0.5, 0.6) is 5.75 Å². The molecule has 3 aliphatic heterocycles. The quantitative estimate of drug-likeness (QED) is 0.226. The van der Waals surface area contributed by atoms with E-state index < -0.39 is 22.2 Å². The average Bonchev–Trinajstić information content (AvgIpc) is 3.31. The van der Waals surface area contributed by atoms with Gasteiger partial charge in [-0.2, -0.15) is 0 Å². The molecule has 2 N–H and O–H groups in total. The fraction of sp³-hybridized carbons (Fsp3) is 0.628. The standard InChI is InChI=1S/C43H61ClF2N4O3S/c1-6-9-32-24-36(44)13-14-37(32)35-27-50-26-34-11-15-38(34)42(52-4,29-49-22-8-18-43(45,46)19-20-47-21-23-49)17-7-10-30(2)31(3)54(5)48-41(51)33-12-16-40(53-28-35)39(50)25-33/h7,12-14,16-17,24-25,30-31,34-35,38,47H,5-6,8-11,15,18-23,26-29H2,1-4H3,(H,48,51)/b17-7+. The number of fused-ring (bicyclic) bond motifs is 2. The van der Waals surface area contributed by atoms with Gasteiger partial charge in [0.15, 0.2) is 0 Å². The maximum Gasteiger partial charge on any atom is 0.260 e. The van der Waals surface area contributed by atoms with Crippen LogP contribution in [0.1, 0.15) is 93.1 Å². The molecule has 7 atom stereocenters. The predicted octanol–water partition coefficient (Wildman–Crippen LogP) is 8.73. The van der Waals surface area contributed by atoms with Crippen LogP contribution in [-0.2, 0) is 11.2 Å². The lowest BCUT2D eigenvalue weighted by Crippen LogP contribution is -2.57. The number of carbonyl (C=O) groups is 1. The molecule has 7 unspecified atom stereocenters. The van der Waals surface area contributed by atoms with E-state index in [0.717, 1.165) is 68.2 Å². The highest BCUT2D eigenvalue weighted by atomic mass is 35.5. The van der Waals surface area contributed by atoms with Crippen LogP contribution in [0.3, 0.4) is 0 Å². The van der Waals surface area contributed by atoms with E-state index in [4.69, 9.17) is 21.1 Å². The van der Waals surface area contributed by atoms with Crippen molar-refractivity contribution in [2.45, 2.75) is 94.8 Å². The van der Waals surface area contributed by atoms with Crippen LogP contribution in [0.15, 0.2) is 48.6 Å². The van der Waals surface area contributed by atoms with Crippen molar-refractivity contribution in [1.29, 1.82) is 0 Å². The Kier molecular flexibility index (Phi) is 13.9. The van der Waals surface area contributed by atoms with Crippen molar-refractivity contribution >= 4 is 39.7 Å². The van der Waals surface area contributed by atoms with Gasteiger partial charge in [0.05, 0.1) is 12.3 Å². The summed E-state index contributed by atoms with van der Waals surface area (Å²) in [5.74, 6) is 3.29. The second-order valence-electron chi connectivity index (χ2n) is 16.2. The normalized spacial score (nSPS) is 31.9. The Labute approximate surface area is 329 Å². The number of ether oxygens (including phenoxy) is 2. The zero-order valence-corrected chi connectivity index (χ0v) is 34.3. The number of allylic oxidation sites excluding steroid dienone is 1. The van der Waals surface area contributed by atoms with Gasteiger partial charge in [0.25, 0.3) is 5.91 Å². The average molecular weight is 788 g/mol. The molecule has 0 aromatic heterocycles. The summed E-state index contributed by atoms with van der Waals surface area (Å²) in [6.07, 6.45) is 9.64. The summed E-state index contributed by atoms with van der Waals surface area (Å²) in [4.78, 5) is 18.5. The van der Waals surface area contributed by atoms with E-state index in [2.05, 4.69) is 70.8 Å². The molecule has 2 fully saturated rings. The van der Waals surface area contributed by atoms with Gasteiger partial charge in [-0.05, 0) is 97.9 Å². The summed E-state index contributed by atoms with van der Waals surface area (Å²) in [6.45, 7) is 11.6. The minimum atomic E-state index is -2.65. The number of carbonyl (C=O) groups excluding carboxylic acids is 1. The van der Waals surface area contributed by atoms with Gasteiger partial charge in [0, 0.05) is 81.0 Å². The number of benzene rings is 2. The summed E-state index contributed by atoms with van der Waals surface area (Å²) < 4.78 is 45.7. The van der Waals surface area contributed by atoms with Crippen LogP contribution >= 0.6 is 22.3 Å². The Morgan fingerprint density at radius 3 is 2.69 bits per heavy atom. The van der Waals surface area contributed by atoms with E-state index in [0.29, 0.717) is 50.7 Å². The molecule has 0 radical (unpaired) electrons. The topological polar surface area (TPSA) is 66.1 Å². The summed E-state index contributed by atoms with van der Waals surface area (Å²) in [5, 5.41) is 4.15. The van der Waals surface area contributed by atoms with E-state index in [1.54, 1.807) is 0 Å². The number of halogens is 3. The molecule has 1 saturated carbocycles. The number of amides is 1. The third-order valence-corrected chi connectivity index (χ3v) is 14.6. The first-order valence-corrected chi connectivity index (χ1v) is 21.9. The molecule has 6 rings (SSSR count). The van der Waals surface area contributed by atoms with Crippen LogP contribution < -0.4 is 19.7 Å². The van der Waals surface area contributed by atoms with Crippen molar-refractivity contribution in [2.24, 2.45) is 17.8 Å². The van der Waals surface area contributed by atoms with Crippen molar-refractivity contribution in [3.63, 3.8) is 0 Å². The van der Waals surface area contributed by atoms with Gasteiger partial charge in [-0.1, -0.05) is 73.6 Å². The Morgan fingerprint density at radius 2 is 1.93 bits per heavy atom. The predicted molar refractivity (Wildman–Crippen MR) is 221 cm³/mol. The van der Waals surface area contributed by atoms with Crippen LogP contribution in [0.4, 0.5) is 14.5 Å². The minimum absolute atomic E-state index is 0.0948. The highest BCUT2D eigenvalue weighted by Gasteiger charge is 2.48. The SMILES string of the molecule is C=S1NC(=O)c2ccc3c(c2)N(CC(c2ccc(Cl)cc2CCC)CO3)CC2CCC2C(CN2CCCC(F)(F)CCNCC2)(OC)/C=C/CC(C)C1C. The number of hydrogen-bond donors (Lipinski definition) is 2. The largest absolute Gasteiger partial charge is 0.491 e. The van der Waals surface area contributed by atoms with Crippen LogP contribution in [0, 0.1) is 17.8 Å². The summed E-state index contributed by atoms with van der Waals surface area (Å²) in [7, 11) is 1.22. The van der Waals surface area contributed by atoms with E-state index in [1.165, 1.54) is 11.1 Å². The molecule has 4 aliphatic rings. The lowest BCUT2D eigenvalue weighted by atomic mass is 9.63. The number of nitrogens with zero attached hydrogens (tertiary/aromatic N) is 2. The number of hydrogen-bond acceptors (Lipinski definition) is 6. The zero-order chi connectivity index (χ0) is 38.5. The molecule has 2 aromatic rings. The van der Waals surface area contributed by atoms with E-state index >= 15 is 0 Å². The molecule has 2 aromatic carbocycles. The maximum atomic E-state index is 14.6. The minimum Gasteiger partial charge on any atom is -0.491 e.